The highest BCUT2D eigenvalue weighted by Gasteiger charge is 2.25. The number of rotatable bonds is 0. The molecule has 2 aliphatic rings. The molecule has 0 amide bonds. The Hall–Kier alpha value is -2.00. The van der Waals surface area contributed by atoms with Crippen molar-refractivity contribution in [2.75, 3.05) is 24.5 Å². The molecule has 0 radical (unpaired) electrons. The number of nitrogens with zero attached hydrogens (tertiary/aromatic N) is 1. The summed E-state index contributed by atoms with van der Waals surface area (Å²) in [5, 5.41) is 3.62. The molecule has 2 aromatic carbocycles. The molecule has 1 fully saturated rings. The van der Waals surface area contributed by atoms with E-state index in [4.69, 9.17) is 4.74 Å². The SMILES string of the molecule is c1ccc2c(c1)CC1CN(CCN1)c1ccccc1O2. The van der Waals surface area contributed by atoms with Gasteiger partial charge in [0.2, 0.25) is 0 Å². The monoisotopic (exact) mass is 266 g/mol. The third-order valence-electron chi connectivity index (χ3n) is 4.12. The van der Waals surface area contributed by atoms with Crippen LogP contribution in [-0.4, -0.2) is 25.7 Å². The van der Waals surface area contributed by atoms with Crippen LogP contribution in [0.3, 0.4) is 0 Å². The van der Waals surface area contributed by atoms with Crippen molar-refractivity contribution in [1.29, 1.82) is 0 Å². The molecule has 0 aliphatic carbocycles. The topological polar surface area (TPSA) is 24.5 Å². The molecule has 3 nitrogen and oxygen atoms in total. The fourth-order valence-corrected chi connectivity index (χ4v) is 3.14. The lowest BCUT2D eigenvalue weighted by Crippen LogP contribution is -2.51. The molecular weight excluding hydrogens is 248 g/mol. The van der Waals surface area contributed by atoms with Gasteiger partial charge in [-0.05, 0) is 30.2 Å². The van der Waals surface area contributed by atoms with Crippen molar-refractivity contribution in [2.24, 2.45) is 0 Å². The highest BCUT2D eigenvalue weighted by molar-refractivity contribution is 5.61. The van der Waals surface area contributed by atoms with Crippen LogP contribution in [0.1, 0.15) is 5.56 Å². The van der Waals surface area contributed by atoms with E-state index in [1.54, 1.807) is 0 Å². The summed E-state index contributed by atoms with van der Waals surface area (Å²) >= 11 is 0. The summed E-state index contributed by atoms with van der Waals surface area (Å²) in [5.74, 6) is 1.94. The Labute approximate surface area is 119 Å². The molecule has 20 heavy (non-hydrogen) atoms. The van der Waals surface area contributed by atoms with E-state index in [0.29, 0.717) is 6.04 Å². The van der Waals surface area contributed by atoms with E-state index < -0.39 is 0 Å². The number of hydrogen-bond acceptors (Lipinski definition) is 3. The predicted molar refractivity (Wildman–Crippen MR) is 80.7 cm³/mol. The quantitative estimate of drug-likeness (QED) is 0.793. The van der Waals surface area contributed by atoms with E-state index in [1.807, 2.05) is 12.1 Å². The van der Waals surface area contributed by atoms with Gasteiger partial charge in [0.05, 0.1) is 5.69 Å². The van der Waals surface area contributed by atoms with Gasteiger partial charge in [-0.3, -0.25) is 0 Å². The van der Waals surface area contributed by atoms with Crippen molar-refractivity contribution in [3.63, 3.8) is 0 Å². The normalized spacial score (nSPS) is 20.8. The van der Waals surface area contributed by atoms with E-state index in [2.05, 4.69) is 46.6 Å². The maximum Gasteiger partial charge on any atom is 0.150 e. The zero-order valence-corrected chi connectivity index (χ0v) is 11.4. The minimum absolute atomic E-state index is 0.486. The number of benzene rings is 2. The van der Waals surface area contributed by atoms with Crippen molar-refractivity contribution in [3.05, 3.63) is 54.1 Å². The Morgan fingerprint density at radius 3 is 2.75 bits per heavy atom. The van der Waals surface area contributed by atoms with Gasteiger partial charge in [-0.25, -0.2) is 0 Å². The van der Waals surface area contributed by atoms with Crippen molar-refractivity contribution >= 4 is 5.69 Å². The average molecular weight is 266 g/mol. The lowest BCUT2D eigenvalue weighted by atomic mass is 10.0. The van der Waals surface area contributed by atoms with Gasteiger partial charge >= 0.3 is 0 Å². The third kappa shape index (κ3) is 2.04. The largest absolute Gasteiger partial charge is 0.455 e. The van der Waals surface area contributed by atoms with Gasteiger partial charge < -0.3 is 15.0 Å². The van der Waals surface area contributed by atoms with Gasteiger partial charge in [0, 0.05) is 25.7 Å². The maximum atomic E-state index is 6.20. The van der Waals surface area contributed by atoms with Crippen molar-refractivity contribution in [2.45, 2.75) is 12.5 Å². The molecule has 0 aromatic heterocycles. The molecule has 1 saturated heterocycles. The molecule has 1 N–H and O–H groups in total. The Morgan fingerprint density at radius 2 is 1.80 bits per heavy atom. The van der Waals surface area contributed by atoms with Gasteiger partial charge in [-0.15, -0.1) is 0 Å². The van der Waals surface area contributed by atoms with E-state index in [-0.39, 0.29) is 0 Å². The molecular formula is C17H18N2O. The molecule has 1 atom stereocenters. The lowest BCUT2D eigenvalue weighted by molar-refractivity contribution is 0.455. The molecule has 0 spiro atoms. The summed E-state index contributed by atoms with van der Waals surface area (Å²) in [6.45, 7) is 3.10. The molecule has 2 heterocycles. The first-order chi connectivity index (χ1) is 9.90. The van der Waals surface area contributed by atoms with E-state index in [9.17, 15) is 0 Å². The maximum absolute atomic E-state index is 6.20. The first-order valence-electron chi connectivity index (χ1n) is 7.23. The van der Waals surface area contributed by atoms with Crippen molar-refractivity contribution in [1.82, 2.24) is 5.32 Å². The summed E-state index contributed by atoms with van der Waals surface area (Å²) in [7, 11) is 0. The Bertz CT molecular complexity index is 626. The second kappa shape index (κ2) is 4.84. The van der Waals surface area contributed by atoms with E-state index in [1.165, 1.54) is 11.3 Å². The Balaban J connectivity index is 1.85. The summed E-state index contributed by atoms with van der Waals surface area (Å²) in [6.07, 6.45) is 1.01. The van der Waals surface area contributed by atoms with Crippen LogP contribution < -0.4 is 15.0 Å². The molecule has 3 heteroatoms. The molecule has 1 unspecified atom stereocenters. The number of fused-ring (bicyclic) bond motifs is 5. The van der Waals surface area contributed by atoms with Crippen molar-refractivity contribution in [3.8, 4) is 11.5 Å². The van der Waals surface area contributed by atoms with Gasteiger partial charge in [-0.1, -0.05) is 30.3 Å². The fourth-order valence-electron chi connectivity index (χ4n) is 3.14. The second-order valence-corrected chi connectivity index (χ2v) is 5.48. The molecule has 2 aliphatic heterocycles. The number of anilines is 1. The highest BCUT2D eigenvalue weighted by atomic mass is 16.5. The van der Waals surface area contributed by atoms with E-state index >= 15 is 0 Å². The lowest BCUT2D eigenvalue weighted by Gasteiger charge is -2.35. The van der Waals surface area contributed by atoms with Crippen LogP contribution in [0.25, 0.3) is 0 Å². The van der Waals surface area contributed by atoms with Crippen molar-refractivity contribution < 1.29 is 4.74 Å². The fraction of sp³-hybridized carbons (Fsp3) is 0.294. The molecule has 0 saturated carbocycles. The molecule has 2 aromatic rings. The van der Waals surface area contributed by atoms with E-state index in [0.717, 1.165) is 37.6 Å². The summed E-state index contributed by atoms with van der Waals surface area (Å²) in [5.41, 5.74) is 2.49. The van der Waals surface area contributed by atoms with Crippen LogP contribution in [0.5, 0.6) is 11.5 Å². The second-order valence-electron chi connectivity index (χ2n) is 5.48. The predicted octanol–water partition coefficient (Wildman–Crippen LogP) is 2.81. The standard InChI is InChI=1S/C17H18N2O/c1-3-7-16-13(5-1)11-14-12-19(10-9-18-14)15-6-2-4-8-17(15)20-16/h1-8,14,18H,9-12H2. The van der Waals surface area contributed by atoms with Crippen LogP contribution in [-0.2, 0) is 6.42 Å². The van der Waals surface area contributed by atoms with Gasteiger partial charge in [0.15, 0.2) is 5.75 Å². The molecule has 2 bridgehead atoms. The average Bonchev–Trinajstić information content (AvgIpc) is 2.53. The zero-order valence-electron chi connectivity index (χ0n) is 11.4. The number of hydrogen-bond donors (Lipinski definition) is 1. The first-order valence-corrected chi connectivity index (χ1v) is 7.23. The smallest absolute Gasteiger partial charge is 0.150 e. The number of nitrogens with one attached hydrogen (secondary N) is 1. The molecule has 4 rings (SSSR count). The summed E-state index contributed by atoms with van der Waals surface area (Å²) < 4.78 is 6.20. The minimum atomic E-state index is 0.486. The van der Waals surface area contributed by atoms with Crippen LogP contribution in [0.15, 0.2) is 48.5 Å². The van der Waals surface area contributed by atoms with Gasteiger partial charge in [-0.2, -0.15) is 0 Å². The van der Waals surface area contributed by atoms with Gasteiger partial charge in [0.1, 0.15) is 5.75 Å². The van der Waals surface area contributed by atoms with Crippen LogP contribution in [0.4, 0.5) is 5.69 Å². The number of piperazine rings is 1. The third-order valence-corrected chi connectivity index (χ3v) is 4.12. The Morgan fingerprint density at radius 1 is 1.00 bits per heavy atom. The van der Waals surface area contributed by atoms with Crippen LogP contribution in [0, 0.1) is 0 Å². The Kier molecular flexibility index (Phi) is 2.85. The zero-order chi connectivity index (χ0) is 13.4. The number of para-hydroxylation sites is 3. The minimum Gasteiger partial charge on any atom is -0.455 e. The summed E-state index contributed by atoms with van der Waals surface area (Å²) in [6, 6.07) is 17.2. The number of ether oxygens (including phenoxy) is 1. The highest BCUT2D eigenvalue weighted by Crippen LogP contribution is 2.36. The first kappa shape index (κ1) is 11.8. The van der Waals surface area contributed by atoms with Crippen LogP contribution in [0.2, 0.25) is 0 Å². The van der Waals surface area contributed by atoms with Gasteiger partial charge in [0.25, 0.3) is 0 Å². The summed E-state index contributed by atoms with van der Waals surface area (Å²) in [4.78, 5) is 2.43. The van der Waals surface area contributed by atoms with Crippen LogP contribution >= 0.6 is 0 Å². The molecule has 102 valence electrons.